The molecule has 1 aromatic carbocycles. The van der Waals surface area contributed by atoms with E-state index in [0.29, 0.717) is 18.4 Å². The topological polar surface area (TPSA) is 114 Å². The standard InChI is InChI=1S/C49H74N2O10/c1-12-31-14-13-15-39(61-41-17-16-38(50(7)8)28(5)57-41)27(4)45(53)37-23-34-33-21-32(60-49-48(56-11)47(55-10)46(54-9)29(6)58-49)22-36(33)43-44(42(34)35(37)24-40(52)59-31)51(43)30-19-25(2)18-26(3)20-30/h18-20,23,27-29,31-36,38-39,41-44,46-49H,12-17,21-22,24H2,1-11H3/t27-,28?,29?,31+,32+,33+,34+,35-,36-,38+,39+,41+,42-,43+,44-,46+,47?,48+,49+,51?/m1/s1. The van der Waals surface area contributed by atoms with Crippen LogP contribution in [0.4, 0.5) is 5.69 Å². The second-order valence-electron chi connectivity index (χ2n) is 19.8. The van der Waals surface area contributed by atoms with Crippen LogP contribution < -0.4 is 4.90 Å². The van der Waals surface area contributed by atoms with Crippen molar-refractivity contribution in [3.05, 3.63) is 41.0 Å². The van der Waals surface area contributed by atoms with Crippen molar-refractivity contribution in [3.63, 3.8) is 0 Å². The van der Waals surface area contributed by atoms with Crippen LogP contribution in [0.1, 0.15) is 96.6 Å². The van der Waals surface area contributed by atoms with E-state index in [4.69, 9.17) is 37.9 Å². The number of likely N-dealkylation sites (N-methyl/N-ethyl adjacent to an activating group) is 1. The van der Waals surface area contributed by atoms with Gasteiger partial charge in [-0.05, 0) is 146 Å². The molecule has 0 aromatic heterocycles. The Bertz CT molecular complexity index is 1730. The fourth-order valence-electron chi connectivity index (χ4n) is 13.1. The summed E-state index contributed by atoms with van der Waals surface area (Å²) in [5.74, 6) is 0.0274. The first-order valence-electron chi connectivity index (χ1n) is 23.4. The quantitative estimate of drug-likeness (QED) is 0.182. The molecule has 8 rings (SSSR count). The number of hydrogen-bond acceptors (Lipinski definition) is 12. The summed E-state index contributed by atoms with van der Waals surface area (Å²) in [4.78, 5) is 34.1. The summed E-state index contributed by atoms with van der Waals surface area (Å²) in [6, 6.07) is 7.59. The van der Waals surface area contributed by atoms with E-state index in [9.17, 15) is 4.79 Å². The van der Waals surface area contributed by atoms with Crippen LogP contribution >= 0.6 is 0 Å². The molecule has 12 heteroatoms. The number of methoxy groups -OCH3 is 3. The van der Waals surface area contributed by atoms with Crippen LogP contribution in [0.3, 0.4) is 0 Å². The van der Waals surface area contributed by atoms with E-state index in [-0.39, 0.29) is 103 Å². The molecular formula is C49H74N2O10. The number of ether oxygens (including phenoxy) is 8. The van der Waals surface area contributed by atoms with Gasteiger partial charge in [0.1, 0.15) is 24.4 Å². The highest BCUT2D eigenvalue weighted by atomic mass is 16.7. The van der Waals surface area contributed by atoms with E-state index < -0.39 is 18.3 Å². The van der Waals surface area contributed by atoms with Crippen molar-refractivity contribution in [2.45, 2.75) is 179 Å². The van der Waals surface area contributed by atoms with E-state index in [1.807, 2.05) is 13.8 Å². The average molecular weight is 851 g/mol. The number of anilines is 1. The highest BCUT2D eigenvalue weighted by Gasteiger charge is 2.69. The van der Waals surface area contributed by atoms with Gasteiger partial charge in [-0.15, -0.1) is 0 Å². The minimum Gasteiger partial charge on any atom is -0.462 e. The van der Waals surface area contributed by atoms with Crippen LogP contribution in [0.2, 0.25) is 0 Å². The summed E-state index contributed by atoms with van der Waals surface area (Å²) < 4.78 is 50.7. The molecule has 4 aliphatic heterocycles. The molecule has 61 heavy (non-hydrogen) atoms. The van der Waals surface area contributed by atoms with Crippen LogP contribution in [-0.4, -0.2) is 132 Å². The van der Waals surface area contributed by atoms with Crippen molar-refractivity contribution in [1.29, 1.82) is 0 Å². The van der Waals surface area contributed by atoms with Gasteiger partial charge in [0.05, 0.1) is 42.9 Å². The van der Waals surface area contributed by atoms with Crippen LogP contribution in [0.5, 0.6) is 0 Å². The number of nitrogens with zero attached hydrogens (tertiary/aromatic N) is 2. The van der Waals surface area contributed by atoms with Gasteiger partial charge in [0.25, 0.3) is 0 Å². The zero-order valence-electron chi connectivity index (χ0n) is 38.6. The summed E-state index contributed by atoms with van der Waals surface area (Å²) >= 11 is 0. The predicted octanol–water partition coefficient (Wildman–Crippen LogP) is 6.81. The zero-order valence-corrected chi connectivity index (χ0v) is 38.6. The molecule has 3 unspecified atom stereocenters. The largest absolute Gasteiger partial charge is 0.462 e. The van der Waals surface area contributed by atoms with Gasteiger partial charge >= 0.3 is 5.97 Å². The molecule has 0 spiro atoms. The zero-order chi connectivity index (χ0) is 43.4. The number of hydrogen-bond donors (Lipinski definition) is 0. The Hall–Kier alpha value is -2.42. The SMILES string of the molecule is CC[C@H]1CCC[C@H](O[C@H]2CC[C@H](N(C)C)C(C)O2)[C@@H](C)C(=O)C2=C[C@H]3[C@@H]4C[C@H](O[C@@H]5OC(C)[C@H](OC)C(OC)[C@@H]5OC)C[C@H]4[C@H]4[C@@H]([C@H]3[C@@H]2CC(=O)O1)N4c1cc(C)cc(C)c1. The lowest BCUT2D eigenvalue weighted by molar-refractivity contribution is -0.314. The van der Waals surface area contributed by atoms with Gasteiger partial charge in [-0.3, -0.25) is 9.59 Å². The number of allylic oxidation sites excluding steroid dienone is 2. The van der Waals surface area contributed by atoms with Gasteiger partial charge < -0.3 is 47.7 Å². The summed E-state index contributed by atoms with van der Waals surface area (Å²) in [5, 5.41) is 0. The van der Waals surface area contributed by atoms with E-state index in [1.54, 1.807) is 21.3 Å². The number of rotatable bonds is 10. The number of aryl methyl sites for hydroxylation is 2. The normalized spacial score (nSPS) is 44.0. The molecule has 3 aliphatic carbocycles. The smallest absolute Gasteiger partial charge is 0.306 e. The first-order chi connectivity index (χ1) is 29.3. The van der Waals surface area contributed by atoms with Gasteiger partial charge in [-0.2, -0.15) is 0 Å². The summed E-state index contributed by atoms with van der Waals surface area (Å²) in [5.41, 5.74) is 4.46. The molecule has 19 atom stereocenters. The second-order valence-corrected chi connectivity index (χ2v) is 19.8. The highest BCUT2D eigenvalue weighted by Crippen LogP contribution is 2.65. The van der Waals surface area contributed by atoms with Crippen molar-refractivity contribution >= 4 is 17.4 Å². The Labute approximate surface area is 364 Å². The fraction of sp³-hybridized carbons (Fsp3) is 0.796. The number of Topliss-reactive ketones (excluding diaryl/α,β-unsaturated/α-hetero) is 1. The maximum absolute atomic E-state index is 15.2. The lowest BCUT2D eigenvalue weighted by Gasteiger charge is -2.44. The number of carbonyl (C=O) groups is 2. The Balaban J connectivity index is 1.12. The summed E-state index contributed by atoms with van der Waals surface area (Å²) in [6.45, 7) is 12.6. The molecule has 4 saturated heterocycles. The van der Waals surface area contributed by atoms with E-state index in [0.717, 1.165) is 50.5 Å². The van der Waals surface area contributed by atoms with Crippen LogP contribution in [0.25, 0.3) is 0 Å². The minimum absolute atomic E-state index is 0.0239. The number of carbonyl (C=O) groups excluding carboxylic acids is 2. The third-order valence-corrected chi connectivity index (χ3v) is 15.9. The molecule has 0 amide bonds. The maximum Gasteiger partial charge on any atom is 0.306 e. The van der Waals surface area contributed by atoms with Gasteiger partial charge in [-0.1, -0.05) is 26.0 Å². The second kappa shape index (κ2) is 18.6. The molecule has 6 fully saturated rings. The van der Waals surface area contributed by atoms with Gasteiger partial charge in [0.15, 0.2) is 18.4 Å². The monoisotopic (exact) mass is 851 g/mol. The lowest BCUT2D eigenvalue weighted by Crippen LogP contribution is -2.59. The Kier molecular flexibility index (Phi) is 13.8. The van der Waals surface area contributed by atoms with Crippen LogP contribution in [-0.2, 0) is 47.5 Å². The number of cyclic esters (lactones) is 1. The molecule has 4 heterocycles. The molecule has 2 saturated carbocycles. The van der Waals surface area contributed by atoms with E-state index in [1.165, 1.54) is 16.8 Å². The molecule has 340 valence electrons. The van der Waals surface area contributed by atoms with Gasteiger partial charge in [0, 0.05) is 44.9 Å². The van der Waals surface area contributed by atoms with Crippen LogP contribution in [0, 0.1) is 49.4 Å². The van der Waals surface area contributed by atoms with E-state index >= 15 is 4.79 Å². The molecule has 0 N–H and O–H groups in total. The minimum atomic E-state index is -0.620. The number of ketones is 1. The van der Waals surface area contributed by atoms with Gasteiger partial charge in [-0.25, -0.2) is 0 Å². The number of esters is 1. The highest BCUT2D eigenvalue weighted by molar-refractivity contribution is 5.99. The van der Waals surface area contributed by atoms with Crippen LogP contribution in [0.15, 0.2) is 29.8 Å². The summed E-state index contributed by atoms with van der Waals surface area (Å²) in [6.07, 6.45) is 6.08. The molecule has 0 radical (unpaired) electrons. The lowest BCUT2D eigenvalue weighted by atomic mass is 9.66. The first-order valence-corrected chi connectivity index (χ1v) is 23.4. The van der Waals surface area contributed by atoms with Gasteiger partial charge in [0.2, 0.25) is 0 Å². The molecule has 7 aliphatic rings. The maximum atomic E-state index is 15.2. The predicted molar refractivity (Wildman–Crippen MR) is 231 cm³/mol. The Morgan fingerprint density at radius 1 is 0.803 bits per heavy atom. The van der Waals surface area contributed by atoms with E-state index in [2.05, 4.69) is 75.9 Å². The van der Waals surface area contributed by atoms with Crippen molar-refractivity contribution in [3.8, 4) is 0 Å². The van der Waals surface area contributed by atoms with Crippen molar-refractivity contribution in [1.82, 2.24) is 4.90 Å². The Morgan fingerprint density at radius 3 is 2.16 bits per heavy atom. The molecule has 1 aromatic rings. The first kappa shape index (κ1) is 45.2. The third kappa shape index (κ3) is 8.75. The average Bonchev–Trinajstić information content (AvgIpc) is 3.63. The number of benzene rings is 1. The van der Waals surface area contributed by atoms with Crippen molar-refractivity contribution in [2.75, 3.05) is 40.3 Å². The fourth-order valence-corrected chi connectivity index (χ4v) is 13.1. The van der Waals surface area contributed by atoms with Crippen molar-refractivity contribution in [2.24, 2.45) is 35.5 Å². The molecule has 0 bridgehead atoms. The van der Waals surface area contributed by atoms with Crippen molar-refractivity contribution < 1.29 is 47.5 Å². The molecule has 12 nitrogen and oxygen atoms in total. The Morgan fingerprint density at radius 2 is 1.51 bits per heavy atom. The third-order valence-electron chi connectivity index (χ3n) is 15.9. The molecular weight excluding hydrogens is 777 g/mol. The summed E-state index contributed by atoms with van der Waals surface area (Å²) in [7, 11) is 9.23. The number of fused-ring (bicyclic) bond motifs is 8.